The second-order valence-electron chi connectivity index (χ2n) is 6.83. The van der Waals surface area contributed by atoms with Crippen molar-refractivity contribution in [3.05, 3.63) is 76.4 Å². The van der Waals surface area contributed by atoms with Gasteiger partial charge < -0.3 is 4.57 Å². The minimum atomic E-state index is 1.03. The fourth-order valence-electron chi connectivity index (χ4n) is 3.98. The zero-order valence-corrected chi connectivity index (χ0v) is 15.5. The van der Waals surface area contributed by atoms with Crippen molar-refractivity contribution in [2.24, 2.45) is 0 Å². The van der Waals surface area contributed by atoms with Crippen molar-refractivity contribution in [2.75, 3.05) is 0 Å². The molecule has 0 fully saturated rings. The van der Waals surface area contributed by atoms with E-state index in [-0.39, 0.29) is 0 Å². The van der Waals surface area contributed by atoms with Gasteiger partial charge in [0.2, 0.25) is 0 Å². The van der Waals surface area contributed by atoms with Crippen LogP contribution in [0.4, 0.5) is 0 Å². The maximum atomic E-state index is 4.71. The molecule has 124 valence electrons. The van der Waals surface area contributed by atoms with Crippen LogP contribution in [0.1, 0.15) is 47.8 Å². The third-order valence-electron chi connectivity index (χ3n) is 5.06. The highest BCUT2D eigenvalue weighted by Gasteiger charge is 2.25. The van der Waals surface area contributed by atoms with E-state index in [1.54, 1.807) is 0 Å². The van der Waals surface area contributed by atoms with Gasteiger partial charge in [0.25, 0.3) is 0 Å². The van der Waals surface area contributed by atoms with E-state index in [1.807, 2.05) is 6.08 Å². The molecule has 1 aliphatic heterocycles. The molecule has 0 radical (unpaired) electrons. The summed E-state index contributed by atoms with van der Waals surface area (Å²) in [7, 11) is 0. The van der Waals surface area contributed by atoms with E-state index >= 15 is 0 Å². The van der Waals surface area contributed by atoms with E-state index < -0.39 is 0 Å². The van der Waals surface area contributed by atoms with Gasteiger partial charge in [-0.25, -0.2) is 4.98 Å². The van der Waals surface area contributed by atoms with Gasteiger partial charge in [-0.3, -0.25) is 0 Å². The smallest absolute Gasteiger partial charge is 0.110 e. The van der Waals surface area contributed by atoms with Crippen molar-refractivity contribution in [1.82, 2.24) is 9.55 Å². The number of allylic oxidation sites excluding steroid dienone is 4. The van der Waals surface area contributed by atoms with Crippen LogP contribution in [0.3, 0.4) is 0 Å². The summed E-state index contributed by atoms with van der Waals surface area (Å²) < 4.78 is 2.35. The number of nitrogens with zero attached hydrogens (tertiary/aromatic N) is 2. The Morgan fingerprint density at radius 1 is 1.17 bits per heavy atom. The highest BCUT2D eigenvalue weighted by molar-refractivity contribution is 5.85. The van der Waals surface area contributed by atoms with Gasteiger partial charge in [0, 0.05) is 5.69 Å². The highest BCUT2D eigenvalue weighted by atomic mass is 15.1. The topological polar surface area (TPSA) is 17.8 Å². The molecular formula is C22H26N2. The Balaban J connectivity index is 2.37. The maximum absolute atomic E-state index is 4.71. The third kappa shape index (κ3) is 2.37. The monoisotopic (exact) mass is 318 g/mol. The molecule has 1 aromatic heterocycles. The molecule has 2 heterocycles. The van der Waals surface area contributed by atoms with E-state index in [1.165, 1.54) is 39.2 Å². The lowest BCUT2D eigenvalue weighted by Crippen LogP contribution is -2.17. The molecule has 1 aromatic carbocycles. The van der Waals surface area contributed by atoms with Crippen LogP contribution in [0, 0.1) is 20.8 Å². The first-order valence-electron chi connectivity index (χ1n) is 8.54. The summed E-state index contributed by atoms with van der Waals surface area (Å²) >= 11 is 0. The molecule has 24 heavy (non-hydrogen) atoms. The summed E-state index contributed by atoms with van der Waals surface area (Å²) in [6, 6.07) is 4.46. The average molecular weight is 318 g/mol. The lowest BCUT2D eigenvalue weighted by Gasteiger charge is -2.27. The van der Waals surface area contributed by atoms with Gasteiger partial charge in [-0.1, -0.05) is 36.9 Å². The first-order valence-corrected chi connectivity index (χ1v) is 8.54. The van der Waals surface area contributed by atoms with Crippen LogP contribution >= 0.6 is 0 Å². The zero-order valence-electron chi connectivity index (χ0n) is 15.5. The average Bonchev–Trinajstić information content (AvgIpc) is 2.83. The highest BCUT2D eigenvalue weighted by Crippen LogP contribution is 2.38. The lowest BCUT2D eigenvalue weighted by molar-refractivity contribution is 0.779. The van der Waals surface area contributed by atoms with Crippen LogP contribution in [-0.2, 0) is 12.8 Å². The molecule has 0 saturated heterocycles. The van der Waals surface area contributed by atoms with Crippen LogP contribution in [0.5, 0.6) is 0 Å². The fraction of sp³-hybridized carbons (Fsp3) is 0.318. The minimum absolute atomic E-state index is 1.03. The largest absolute Gasteiger partial charge is 0.300 e. The van der Waals surface area contributed by atoms with Gasteiger partial charge in [0.1, 0.15) is 5.82 Å². The van der Waals surface area contributed by atoms with E-state index in [0.717, 1.165) is 29.9 Å². The number of aryl methyl sites for hydroxylation is 3. The van der Waals surface area contributed by atoms with E-state index in [9.17, 15) is 0 Å². The van der Waals surface area contributed by atoms with Crippen LogP contribution in [0.25, 0.3) is 11.3 Å². The van der Waals surface area contributed by atoms with Crippen molar-refractivity contribution in [2.45, 2.75) is 47.5 Å². The number of benzene rings is 1. The predicted octanol–water partition coefficient (Wildman–Crippen LogP) is 5.43. The molecule has 2 heteroatoms. The SMILES string of the molecule is C=C/C(C)=C(\C(=C)C)c1ccc(C)c2c1CCc1c(C)nc(C)n1-2. The Morgan fingerprint density at radius 3 is 2.50 bits per heavy atom. The fourth-order valence-corrected chi connectivity index (χ4v) is 3.98. The molecule has 0 N–H and O–H groups in total. The number of aromatic nitrogens is 2. The summed E-state index contributed by atoms with van der Waals surface area (Å²) in [6.07, 6.45) is 4.00. The van der Waals surface area contributed by atoms with E-state index in [2.05, 4.69) is 64.5 Å². The molecule has 0 spiro atoms. The predicted molar refractivity (Wildman–Crippen MR) is 103 cm³/mol. The number of hydrogen-bond acceptors (Lipinski definition) is 1. The quantitative estimate of drug-likeness (QED) is 0.690. The first kappa shape index (κ1) is 16.5. The Bertz CT molecular complexity index is 891. The standard InChI is InChI=1S/C22H26N2/c1-8-14(4)21(13(2)3)18-10-9-15(5)22-19(18)11-12-20-16(6)23-17(7)24(20)22/h8-10H,1-2,11-12H2,3-7H3/b21-14+. The number of hydrogen-bond donors (Lipinski definition) is 0. The van der Waals surface area contributed by atoms with Gasteiger partial charge >= 0.3 is 0 Å². The second kappa shape index (κ2) is 5.94. The molecule has 0 atom stereocenters. The van der Waals surface area contributed by atoms with Crippen molar-refractivity contribution in [3.63, 3.8) is 0 Å². The van der Waals surface area contributed by atoms with Crippen molar-refractivity contribution >= 4 is 5.57 Å². The molecule has 0 aliphatic carbocycles. The lowest BCUT2D eigenvalue weighted by atomic mass is 9.85. The molecule has 3 rings (SSSR count). The molecule has 1 aliphatic rings. The van der Waals surface area contributed by atoms with E-state index in [4.69, 9.17) is 4.98 Å². The Hall–Kier alpha value is -2.35. The van der Waals surface area contributed by atoms with Crippen molar-refractivity contribution in [1.29, 1.82) is 0 Å². The van der Waals surface area contributed by atoms with Crippen molar-refractivity contribution in [3.8, 4) is 5.69 Å². The second-order valence-corrected chi connectivity index (χ2v) is 6.83. The summed E-state index contributed by atoms with van der Waals surface area (Å²) in [5, 5.41) is 0. The van der Waals surface area contributed by atoms with Crippen LogP contribution < -0.4 is 0 Å². The van der Waals surface area contributed by atoms with Gasteiger partial charge in [0.05, 0.1) is 11.4 Å². The summed E-state index contributed by atoms with van der Waals surface area (Å²) in [5.74, 6) is 1.07. The first-order chi connectivity index (χ1) is 11.4. The Morgan fingerprint density at radius 2 is 1.88 bits per heavy atom. The number of rotatable bonds is 3. The molecule has 2 aromatic rings. The van der Waals surface area contributed by atoms with Gasteiger partial charge in [-0.05, 0) is 75.3 Å². The molecule has 0 bridgehead atoms. The molecule has 0 saturated carbocycles. The normalized spacial score (nSPS) is 13.9. The van der Waals surface area contributed by atoms with Gasteiger partial charge in [0.15, 0.2) is 0 Å². The molecule has 2 nitrogen and oxygen atoms in total. The molecule has 0 amide bonds. The van der Waals surface area contributed by atoms with Crippen molar-refractivity contribution < 1.29 is 0 Å². The van der Waals surface area contributed by atoms with E-state index in [0.29, 0.717) is 0 Å². The van der Waals surface area contributed by atoms with Gasteiger partial charge in [-0.2, -0.15) is 0 Å². The van der Waals surface area contributed by atoms with Gasteiger partial charge in [-0.15, -0.1) is 0 Å². The molecule has 0 unspecified atom stereocenters. The maximum Gasteiger partial charge on any atom is 0.110 e. The Kier molecular flexibility index (Phi) is 4.08. The molecular weight excluding hydrogens is 292 g/mol. The summed E-state index contributed by atoms with van der Waals surface area (Å²) in [4.78, 5) is 4.71. The summed E-state index contributed by atoms with van der Waals surface area (Å²) in [5.41, 5.74) is 11.3. The number of imidazole rings is 1. The minimum Gasteiger partial charge on any atom is -0.300 e. The summed E-state index contributed by atoms with van der Waals surface area (Å²) in [6.45, 7) is 18.8. The third-order valence-corrected chi connectivity index (χ3v) is 5.06. The van der Waals surface area contributed by atoms with Crippen LogP contribution in [-0.4, -0.2) is 9.55 Å². The van der Waals surface area contributed by atoms with Crippen LogP contribution in [0.2, 0.25) is 0 Å². The number of fused-ring (bicyclic) bond motifs is 3. The zero-order chi connectivity index (χ0) is 17.6. The van der Waals surface area contributed by atoms with Crippen LogP contribution in [0.15, 0.2) is 42.5 Å². The Labute approximate surface area is 145 Å².